The second-order valence-electron chi connectivity index (χ2n) is 5.20. The van der Waals surface area contributed by atoms with E-state index < -0.39 is 5.97 Å². The smallest absolute Gasteiger partial charge is 0.328 e. The maximum Gasteiger partial charge on any atom is 0.328 e. The number of benzene rings is 1. The highest BCUT2D eigenvalue weighted by molar-refractivity contribution is 5.85. The van der Waals surface area contributed by atoms with Gasteiger partial charge in [-0.3, -0.25) is 0 Å². The number of hydrogen-bond donors (Lipinski definition) is 1. The number of ether oxygens (including phenoxy) is 1. The van der Waals surface area contributed by atoms with Crippen LogP contribution in [0.5, 0.6) is 5.75 Å². The third-order valence-electron chi connectivity index (χ3n) is 3.63. The molecule has 0 heterocycles. The third kappa shape index (κ3) is 5.62. The number of unbranched alkanes of at least 4 members (excludes halogenated alkanes) is 3. The first-order valence-electron chi connectivity index (χ1n) is 7.73. The van der Waals surface area contributed by atoms with Gasteiger partial charge in [-0.05, 0) is 54.2 Å². The summed E-state index contributed by atoms with van der Waals surface area (Å²) in [6, 6.07) is 4.11. The van der Waals surface area contributed by atoms with Gasteiger partial charge in [-0.25, -0.2) is 4.79 Å². The molecule has 1 rings (SSSR count). The zero-order chi connectivity index (χ0) is 15.7. The molecule has 1 N–H and O–H groups in total. The molecular formula is C18H26O3. The lowest BCUT2D eigenvalue weighted by molar-refractivity contribution is -0.131. The van der Waals surface area contributed by atoms with Crippen LogP contribution in [0.2, 0.25) is 0 Å². The summed E-state index contributed by atoms with van der Waals surface area (Å²) >= 11 is 0. The summed E-state index contributed by atoms with van der Waals surface area (Å²) in [5.41, 5.74) is 3.27. The van der Waals surface area contributed by atoms with Crippen LogP contribution < -0.4 is 4.74 Å². The lowest BCUT2D eigenvalue weighted by Crippen LogP contribution is -1.98. The van der Waals surface area contributed by atoms with E-state index in [1.54, 1.807) is 13.2 Å². The molecule has 116 valence electrons. The van der Waals surface area contributed by atoms with Crippen molar-refractivity contribution in [1.82, 2.24) is 0 Å². The van der Waals surface area contributed by atoms with Crippen LogP contribution in [0.3, 0.4) is 0 Å². The molecular weight excluding hydrogens is 264 g/mol. The van der Waals surface area contributed by atoms with Crippen molar-refractivity contribution >= 4 is 12.0 Å². The zero-order valence-electron chi connectivity index (χ0n) is 13.3. The van der Waals surface area contributed by atoms with Crippen molar-refractivity contribution < 1.29 is 14.6 Å². The van der Waals surface area contributed by atoms with Crippen molar-refractivity contribution in [1.29, 1.82) is 0 Å². The Morgan fingerprint density at radius 2 is 1.95 bits per heavy atom. The van der Waals surface area contributed by atoms with Gasteiger partial charge in [0.05, 0.1) is 7.11 Å². The molecule has 0 aliphatic rings. The normalized spacial score (nSPS) is 11.0. The molecule has 3 heteroatoms. The van der Waals surface area contributed by atoms with E-state index in [-0.39, 0.29) is 0 Å². The first kappa shape index (κ1) is 17.3. The summed E-state index contributed by atoms with van der Waals surface area (Å²) in [6.45, 7) is 4.27. The fraction of sp³-hybridized carbons (Fsp3) is 0.500. The van der Waals surface area contributed by atoms with E-state index in [0.29, 0.717) is 0 Å². The van der Waals surface area contributed by atoms with Gasteiger partial charge in [0.15, 0.2) is 0 Å². The predicted octanol–water partition coefficient (Wildman–Crippen LogP) is 4.48. The average molecular weight is 290 g/mol. The summed E-state index contributed by atoms with van der Waals surface area (Å²) in [5, 5.41) is 8.83. The quantitative estimate of drug-likeness (QED) is 0.539. The largest absolute Gasteiger partial charge is 0.496 e. The van der Waals surface area contributed by atoms with E-state index in [1.807, 2.05) is 6.07 Å². The van der Waals surface area contributed by atoms with Crippen molar-refractivity contribution in [2.45, 2.75) is 52.4 Å². The van der Waals surface area contributed by atoms with Gasteiger partial charge in [-0.15, -0.1) is 0 Å². The van der Waals surface area contributed by atoms with Crippen molar-refractivity contribution in [3.05, 3.63) is 34.9 Å². The van der Waals surface area contributed by atoms with Crippen LogP contribution in [0.4, 0.5) is 0 Å². The van der Waals surface area contributed by atoms with Crippen LogP contribution in [0, 0.1) is 0 Å². The molecule has 0 spiro atoms. The van der Waals surface area contributed by atoms with E-state index in [4.69, 9.17) is 9.84 Å². The van der Waals surface area contributed by atoms with Gasteiger partial charge in [0.2, 0.25) is 0 Å². The van der Waals surface area contributed by atoms with E-state index in [1.165, 1.54) is 25.3 Å². The van der Waals surface area contributed by atoms with E-state index in [0.717, 1.165) is 41.7 Å². The molecule has 21 heavy (non-hydrogen) atoms. The maximum absolute atomic E-state index is 10.7. The average Bonchev–Trinajstić information content (AvgIpc) is 2.49. The standard InChI is InChI=1S/C18H26O3/c1-4-6-7-8-9-15-13-17(21-3)14(5-2)12-16(15)10-11-18(19)20/h10-13H,4-9H2,1-3H3,(H,19,20). The van der Waals surface area contributed by atoms with E-state index in [2.05, 4.69) is 19.9 Å². The molecule has 0 amide bonds. The van der Waals surface area contributed by atoms with Crippen LogP contribution in [0.25, 0.3) is 6.08 Å². The lowest BCUT2D eigenvalue weighted by Gasteiger charge is -2.13. The number of methoxy groups -OCH3 is 1. The topological polar surface area (TPSA) is 46.5 Å². The Hall–Kier alpha value is -1.77. The van der Waals surface area contributed by atoms with Gasteiger partial charge in [0.25, 0.3) is 0 Å². The molecule has 0 saturated heterocycles. The van der Waals surface area contributed by atoms with Gasteiger partial charge >= 0.3 is 5.97 Å². The minimum absolute atomic E-state index is 0.868. The number of carboxylic acid groups (broad SMARTS) is 1. The summed E-state index contributed by atoms with van der Waals surface area (Å²) in [7, 11) is 1.68. The molecule has 1 aromatic rings. The van der Waals surface area contributed by atoms with Crippen LogP contribution >= 0.6 is 0 Å². The van der Waals surface area contributed by atoms with Crippen molar-refractivity contribution in [3.63, 3.8) is 0 Å². The van der Waals surface area contributed by atoms with Gasteiger partial charge in [-0.2, -0.15) is 0 Å². The Labute approximate surface area is 127 Å². The molecule has 0 radical (unpaired) electrons. The molecule has 0 saturated carbocycles. The molecule has 0 unspecified atom stereocenters. The minimum Gasteiger partial charge on any atom is -0.496 e. The Morgan fingerprint density at radius 3 is 2.52 bits per heavy atom. The summed E-state index contributed by atoms with van der Waals surface area (Å²) in [5.74, 6) is -0.0173. The molecule has 0 fully saturated rings. The van der Waals surface area contributed by atoms with Gasteiger partial charge in [-0.1, -0.05) is 33.1 Å². The molecule has 3 nitrogen and oxygen atoms in total. The van der Waals surface area contributed by atoms with Crippen LogP contribution in [-0.2, 0) is 17.6 Å². The lowest BCUT2D eigenvalue weighted by atomic mass is 9.96. The van der Waals surface area contributed by atoms with Gasteiger partial charge in [0, 0.05) is 6.08 Å². The first-order chi connectivity index (χ1) is 10.1. The van der Waals surface area contributed by atoms with Crippen LogP contribution in [-0.4, -0.2) is 18.2 Å². The summed E-state index contributed by atoms with van der Waals surface area (Å²) < 4.78 is 5.44. The molecule has 0 bridgehead atoms. The number of carboxylic acids is 1. The van der Waals surface area contributed by atoms with Crippen molar-refractivity contribution in [2.75, 3.05) is 7.11 Å². The summed E-state index contributed by atoms with van der Waals surface area (Å²) in [6.07, 6.45) is 9.50. The fourth-order valence-electron chi connectivity index (χ4n) is 2.43. The molecule has 1 aromatic carbocycles. The monoisotopic (exact) mass is 290 g/mol. The summed E-state index contributed by atoms with van der Waals surface area (Å²) in [4.78, 5) is 10.7. The molecule has 0 aliphatic heterocycles. The number of aryl methyl sites for hydroxylation is 2. The Kier molecular flexibility index (Phi) is 7.59. The number of rotatable bonds is 9. The van der Waals surface area contributed by atoms with Crippen LogP contribution in [0.1, 0.15) is 56.2 Å². The highest BCUT2D eigenvalue weighted by Crippen LogP contribution is 2.26. The Morgan fingerprint density at radius 1 is 1.19 bits per heavy atom. The number of aliphatic carboxylic acids is 1. The SMILES string of the molecule is CCCCCCc1cc(OC)c(CC)cc1C=CC(=O)O. The molecule has 0 atom stereocenters. The van der Waals surface area contributed by atoms with Crippen molar-refractivity contribution in [3.8, 4) is 5.75 Å². The second kappa shape index (κ2) is 9.22. The highest BCUT2D eigenvalue weighted by Gasteiger charge is 2.08. The number of carbonyl (C=O) groups is 1. The zero-order valence-corrected chi connectivity index (χ0v) is 13.3. The molecule has 0 aromatic heterocycles. The Balaban J connectivity index is 3.01. The Bertz CT molecular complexity index is 489. The van der Waals surface area contributed by atoms with Gasteiger partial charge in [0.1, 0.15) is 5.75 Å². The second-order valence-corrected chi connectivity index (χ2v) is 5.20. The fourth-order valence-corrected chi connectivity index (χ4v) is 2.43. The first-order valence-corrected chi connectivity index (χ1v) is 7.73. The van der Waals surface area contributed by atoms with E-state index >= 15 is 0 Å². The van der Waals surface area contributed by atoms with E-state index in [9.17, 15) is 4.79 Å². The number of hydrogen-bond acceptors (Lipinski definition) is 2. The van der Waals surface area contributed by atoms with Crippen LogP contribution in [0.15, 0.2) is 18.2 Å². The third-order valence-corrected chi connectivity index (χ3v) is 3.63. The maximum atomic E-state index is 10.7. The molecule has 0 aliphatic carbocycles. The minimum atomic E-state index is -0.916. The van der Waals surface area contributed by atoms with Gasteiger partial charge < -0.3 is 9.84 Å². The predicted molar refractivity (Wildman–Crippen MR) is 86.9 cm³/mol. The van der Waals surface area contributed by atoms with Crippen molar-refractivity contribution in [2.24, 2.45) is 0 Å². The highest BCUT2D eigenvalue weighted by atomic mass is 16.5.